The molecule has 13 heteroatoms. The van der Waals surface area contributed by atoms with Gasteiger partial charge < -0.3 is 0 Å². The number of fused-ring (bicyclic) bond motifs is 1. The van der Waals surface area contributed by atoms with Crippen molar-refractivity contribution in [2.24, 2.45) is 0 Å². The summed E-state index contributed by atoms with van der Waals surface area (Å²) in [6.45, 7) is 1.35. The number of sulfone groups is 1. The van der Waals surface area contributed by atoms with Gasteiger partial charge in [-0.1, -0.05) is 13.0 Å². The summed E-state index contributed by atoms with van der Waals surface area (Å²) in [4.78, 5) is 16.5. The van der Waals surface area contributed by atoms with E-state index in [1.54, 1.807) is 0 Å². The van der Waals surface area contributed by atoms with Crippen LogP contribution < -0.4 is 5.69 Å². The fourth-order valence-corrected chi connectivity index (χ4v) is 4.30. The summed E-state index contributed by atoms with van der Waals surface area (Å²) >= 11 is 0. The highest BCUT2D eigenvalue weighted by atomic mass is 32.2. The van der Waals surface area contributed by atoms with Crippen molar-refractivity contribution in [3.63, 3.8) is 0 Å². The van der Waals surface area contributed by atoms with Gasteiger partial charge in [0.2, 0.25) is 0 Å². The van der Waals surface area contributed by atoms with E-state index in [0.717, 1.165) is 36.5 Å². The Bertz CT molecular complexity index is 1650. The van der Waals surface area contributed by atoms with Gasteiger partial charge >= 0.3 is 11.9 Å². The zero-order valence-electron chi connectivity index (χ0n) is 17.2. The number of nitriles is 1. The normalized spacial score (nSPS) is 12.1. The molecule has 0 N–H and O–H groups in total. The molecule has 0 saturated heterocycles. The first-order valence-corrected chi connectivity index (χ1v) is 11.2. The third-order valence-corrected chi connectivity index (χ3v) is 6.74. The molecule has 4 rings (SSSR count). The average molecular weight is 491 g/mol. The lowest BCUT2D eigenvalue weighted by atomic mass is 10.0. The molecule has 0 atom stereocenters. The second kappa shape index (κ2) is 8.07. The Morgan fingerprint density at radius 1 is 1.15 bits per heavy atom. The summed E-state index contributed by atoms with van der Waals surface area (Å²) in [6.07, 6.45) is -2.99. The first-order chi connectivity index (χ1) is 16.0. The van der Waals surface area contributed by atoms with Crippen molar-refractivity contribution in [1.82, 2.24) is 19.2 Å². The maximum atomic E-state index is 13.5. The molecule has 0 radical (unpaired) electrons. The van der Waals surface area contributed by atoms with E-state index in [1.807, 2.05) is 6.07 Å². The molecular weight excluding hydrogens is 478 g/mol. The topological polar surface area (TPSA) is 110 Å². The van der Waals surface area contributed by atoms with Crippen LogP contribution in [0.4, 0.5) is 17.6 Å². The molecule has 8 nitrogen and oxygen atoms in total. The van der Waals surface area contributed by atoms with Crippen LogP contribution in [0.2, 0.25) is 0 Å². The third-order valence-electron chi connectivity index (χ3n) is 5.01. The van der Waals surface area contributed by atoms with E-state index in [-0.39, 0.29) is 28.1 Å². The molecule has 0 aliphatic heterocycles. The van der Waals surface area contributed by atoms with Gasteiger partial charge in [-0.15, -0.1) is 5.10 Å². The average Bonchev–Trinajstić information content (AvgIpc) is 3.13. The molecule has 0 saturated carbocycles. The van der Waals surface area contributed by atoms with Gasteiger partial charge in [-0.2, -0.15) is 23.1 Å². The number of aromatic nitrogens is 4. The Labute approximate surface area is 189 Å². The van der Waals surface area contributed by atoms with E-state index in [4.69, 9.17) is 0 Å². The van der Waals surface area contributed by atoms with Crippen LogP contribution in [0.3, 0.4) is 0 Å². The highest BCUT2D eigenvalue weighted by molar-refractivity contribution is 7.91. The standard InChI is InChI=1S/C21H13F4N5O3S/c1-2-34(32,33)17-8-13(16-5-4-15(22)7-12(16)9-26)10-27-19(17)30-20(31)29-11-14(21(23,24)25)3-6-18(29)28-30/h3-8,10-11H,2H2,1H3. The monoisotopic (exact) mass is 491 g/mol. The van der Waals surface area contributed by atoms with Gasteiger partial charge in [-0.3, -0.25) is 0 Å². The molecule has 0 aliphatic rings. The molecule has 3 heterocycles. The zero-order chi connectivity index (χ0) is 24.8. The van der Waals surface area contributed by atoms with Crippen molar-refractivity contribution in [1.29, 1.82) is 5.26 Å². The van der Waals surface area contributed by atoms with Crippen LogP contribution in [-0.4, -0.2) is 33.3 Å². The number of hydrogen-bond acceptors (Lipinski definition) is 6. The zero-order valence-corrected chi connectivity index (χ0v) is 18.0. The molecule has 0 bridgehead atoms. The number of alkyl halides is 3. The van der Waals surface area contributed by atoms with Crippen molar-refractivity contribution >= 4 is 15.5 Å². The van der Waals surface area contributed by atoms with Gasteiger partial charge in [-0.25, -0.2) is 27.0 Å². The van der Waals surface area contributed by atoms with Gasteiger partial charge in [-0.05, 0) is 30.3 Å². The predicted octanol–water partition coefficient (Wildman–Crippen LogP) is 3.37. The van der Waals surface area contributed by atoms with E-state index < -0.39 is 43.8 Å². The highest BCUT2D eigenvalue weighted by Gasteiger charge is 2.31. The fraction of sp³-hybridized carbons (Fsp3) is 0.143. The van der Waals surface area contributed by atoms with Crippen molar-refractivity contribution in [3.8, 4) is 23.0 Å². The van der Waals surface area contributed by atoms with Gasteiger partial charge in [0.1, 0.15) is 10.7 Å². The molecule has 0 amide bonds. The largest absolute Gasteiger partial charge is 0.417 e. The molecule has 34 heavy (non-hydrogen) atoms. The number of hydrogen-bond donors (Lipinski definition) is 0. The van der Waals surface area contributed by atoms with Crippen LogP contribution in [0.5, 0.6) is 0 Å². The summed E-state index contributed by atoms with van der Waals surface area (Å²) in [6, 6.07) is 8.03. The van der Waals surface area contributed by atoms with Crippen molar-refractivity contribution in [3.05, 3.63) is 76.2 Å². The van der Waals surface area contributed by atoms with Crippen LogP contribution in [-0.2, 0) is 16.0 Å². The Morgan fingerprint density at radius 3 is 2.53 bits per heavy atom. The summed E-state index contributed by atoms with van der Waals surface area (Å²) in [7, 11) is -4.03. The second-order valence-corrected chi connectivity index (χ2v) is 9.34. The first-order valence-electron chi connectivity index (χ1n) is 9.58. The Morgan fingerprint density at radius 2 is 1.88 bits per heavy atom. The molecule has 0 aliphatic carbocycles. The van der Waals surface area contributed by atoms with E-state index in [9.17, 15) is 36.0 Å². The minimum atomic E-state index is -4.71. The number of benzene rings is 1. The maximum absolute atomic E-state index is 13.5. The van der Waals surface area contributed by atoms with Gasteiger partial charge in [0.15, 0.2) is 21.3 Å². The van der Waals surface area contributed by atoms with E-state index in [1.165, 1.54) is 13.0 Å². The van der Waals surface area contributed by atoms with E-state index in [2.05, 4.69) is 10.1 Å². The molecule has 4 aromatic rings. The minimum absolute atomic E-state index is 0.0704. The molecule has 1 aromatic carbocycles. The SMILES string of the molecule is CCS(=O)(=O)c1cc(-c2ccc(F)cc2C#N)cnc1-n1nc2ccc(C(F)(F)F)cn2c1=O. The molecule has 0 unspecified atom stereocenters. The van der Waals surface area contributed by atoms with E-state index >= 15 is 0 Å². The smallest absolute Gasteiger partial charge is 0.249 e. The highest BCUT2D eigenvalue weighted by Crippen LogP contribution is 2.30. The quantitative estimate of drug-likeness (QED) is 0.405. The second-order valence-electron chi connectivity index (χ2n) is 7.09. The van der Waals surface area contributed by atoms with Crippen molar-refractivity contribution < 1.29 is 26.0 Å². The predicted molar refractivity (Wildman–Crippen MR) is 111 cm³/mol. The van der Waals surface area contributed by atoms with Gasteiger partial charge in [0.05, 0.1) is 22.9 Å². The number of pyridine rings is 2. The minimum Gasteiger partial charge on any atom is -0.249 e. The van der Waals surface area contributed by atoms with E-state index in [0.29, 0.717) is 15.3 Å². The van der Waals surface area contributed by atoms with Crippen LogP contribution in [0, 0.1) is 17.1 Å². The summed E-state index contributed by atoms with van der Waals surface area (Å²) in [5, 5.41) is 13.2. The maximum Gasteiger partial charge on any atom is 0.417 e. The lowest BCUT2D eigenvalue weighted by Gasteiger charge is -2.11. The lowest BCUT2D eigenvalue weighted by Crippen LogP contribution is -2.23. The van der Waals surface area contributed by atoms with Crippen molar-refractivity contribution in [2.45, 2.75) is 18.0 Å². The van der Waals surface area contributed by atoms with Crippen LogP contribution in [0.15, 0.2) is 58.5 Å². The molecule has 3 aromatic heterocycles. The Hall–Kier alpha value is -4.05. The first kappa shape index (κ1) is 23.1. The fourth-order valence-electron chi connectivity index (χ4n) is 3.27. The molecule has 0 fully saturated rings. The van der Waals surface area contributed by atoms with Crippen molar-refractivity contribution in [2.75, 3.05) is 5.75 Å². The van der Waals surface area contributed by atoms with Gasteiger partial charge in [0, 0.05) is 23.5 Å². The molecular formula is C21H13F4N5O3S. The Kier molecular flexibility index (Phi) is 5.49. The third kappa shape index (κ3) is 3.92. The summed E-state index contributed by atoms with van der Waals surface area (Å²) in [5.41, 5.74) is -2.02. The Balaban J connectivity index is 1.98. The summed E-state index contributed by atoms with van der Waals surface area (Å²) < 4.78 is 79.6. The molecule has 0 spiro atoms. The number of rotatable bonds is 4. The summed E-state index contributed by atoms with van der Waals surface area (Å²) in [5.74, 6) is -1.48. The van der Waals surface area contributed by atoms with Crippen LogP contribution in [0.1, 0.15) is 18.1 Å². The van der Waals surface area contributed by atoms with Gasteiger partial charge in [0.25, 0.3) is 0 Å². The number of nitrogens with zero attached hydrogens (tertiary/aromatic N) is 5. The molecule has 174 valence electrons. The van der Waals surface area contributed by atoms with Crippen LogP contribution >= 0.6 is 0 Å². The van der Waals surface area contributed by atoms with Crippen LogP contribution in [0.25, 0.3) is 22.6 Å². The number of halogens is 4. The lowest BCUT2D eigenvalue weighted by molar-refractivity contribution is -0.137.